The molecule has 0 unspecified atom stereocenters. The van der Waals surface area contributed by atoms with E-state index in [1.54, 1.807) is 0 Å². The molecule has 1 aromatic rings. The number of furan rings is 1. The molecule has 2 rings (SSSR count). The molecule has 0 radical (unpaired) electrons. The minimum atomic E-state index is 0.498. The average Bonchev–Trinajstić information content (AvgIpc) is 2.60. The highest BCUT2D eigenvalue weighted by Crippen LogP contribution is 2.17. The molecule has 0 atom stereocenters. The Morgan fingerprint density at radius 1 is 1.39 bits per heavy atom. The van der Waals surface area contributed by atoms with Gasteiger partial charge in [-0.2, -0.15) is 11.8 Å². The Labute approximate surface area is 114 Å². The van der Waals surface area contributed by atoms with E-state index in [1.165, 1.54) is 36.6 Å². The number of hydrogen-bond acceptors (Lipinski definition) is 4. The summed E-state index contributed by atoms with van der Waals surface area (Å²) < 4.78 is 5.59. The van der Waals surface area contributed by atoms with Gasteiger partial charge in [0.15, 0.2) is 0 Å². The smallest absolute Gasteiger partial charge is 0.122 e. The zero-order valence-corrected chi connectivity index (χ0v) is 12.3. The zero-order valence-electron chi connectivity index (χ0n) is 11.4. The van der Waals surface area contributed by atoms with Crippen molar-refractivity contribution in [3.63, 3.8) is 0 Å². The van der Waals surface area contributed by atoms with Crippen LogP contribution in [-0.2, 0) is 13.1 Å². The Bertz CT molecular complexity index is 343. The molecule has 1 saturated heterocycles. The summed E-state index contributed by atoms with van der Waals surface area (Å²) in [4.78, 5) is 2.55. The number of thioether (sulfide) groups is 1. The van der Waals surface area contributed by atoms with Crippen molar-refractivity contribution in [3.05, 3.63) is 23.7 Å². The van der Waals surface area contributed by atoms with E-state index in [1.807, 2.05) is 6.26 Å². The molecular weight excluding hydrogens is 244 g/mol. The predicted octanol–water partition coefficient (Wildman–Crippen LogP) is 2.72. The average molecular weight is 268 g/mol. The van der Waals surface area contributed by atoms with Crippen LogP contribution < -0.4 is 5.32 Å². The van der Waals surface area contributed by atoms with E-state index in [0.29, 0.717) is 6.04 Å². The summed E-state index contributed by atoms with van der Waals surface area (Å²) in [6.45, 7) is 8.61. The van der Waals surface area contributed by atoms with E-state index in [4.69, 9.17) is 4.42 Å². The first-order valence-electron chi connectivity index (χ1n) is 6.84. The van der Waals surface area contributed by atoms with Crippen LogP contribution in [0.1, 0.15) is 31.6 Å². The van der Waals surface area contributed by atoms with Gasteiger partial charge in [-0.15, -0.1) is 0 Å². The van der Waals surface area contributed by atoms with Gasteiger partial charge < -0.3 is 9.73 Å². The first-order chi connectivity index (χ1) is 8.75. The third-order valence-corrected chi connectivity index (χ3v) is 4.27. The summed E-state index contributed by atoms with van der Waals surface area (Å²) in [6, 6.07) is 2.62. The van der Waals surface area contributed by atoms with Crippen LogP contribution in [0.5, 0.6) is 0 Å². The fourth-order valence-electron chi connectivity index (χ4n) is 2.16. The van der Waals surface area contributed by atoms with Gasteiger partial charge in [0.05, 0.1) is 12.8 Å². The molecule has 0 amide bonds. The maximum Gasteiger partial charge on any atom is 0.122 e. The minimum absolute atomic E-state index is 0.498. The van der Waals surface area contributed by atoms with Crippen LogP contribution in [0.25, 0.3) is 0 Å². The lowest BCUT2D eigenvalue weighted by molar-refractivity contribution is 0.284. The summed E-state index contributed by atoms with van der Waals surface area (Å²) in [7, 11) is 0. The lowest BCUT2D eigenvalue weighted by Gasteiger charge is -2.19. The lowest BCUT2D eigenvalue weighted by atomic mass is 10.2. The summed E-state index contributed by atoms with van der Waals surface area (Å²) >= 11 is 2.07. The van der Waals surface area contributed by atoms with Crippen molar-refractivity contribution in [1.29, 1.82) is 0 Å². The van der Waals surface area contributed by atoms with Crippen LogP contribution in [0.15, 0.2) is 16.7 Å². The molecule has 1 aromatic heterocycles. The first kappa shape index (κ1) is 14.0. The Balaban J connectivity index is 1.89. The van der Waals surface area contributed by atoms with Gasteiger partial charge >= 0.3 is 0 Å². The number of rotatable bonds is 5. The third-order valence-electron chi connectivity index (χ3n) is 3.22. The van der Waals surface area contributed by atoms with Crippen LogP contribution in [0.2, 0.25) is 0 Å². The van der Waals surface area contributed by atoms with Gasteiger partial charge in [0.1, 0.15) is 5.76 Å². The van der Waals surface area contributed by atoms with Gasteiger partial charge in [-0.1, -0.05) is 13.8 Å². The van der Waals surface area contributed by atoms with Gasteiger partial charge in [0.25, 0.3) is 0 Å². The molecule has 0 aliphatic carbocycles. The van der Waals surface area contributed by atoms with Crippen molar-refractivity contribution in [2.24, 2.45) is 0 Å². The molecule has 0 saturated carbocycles. The van der Waals surface area contributed by atoms with E-state index in [-0.39, 0.29) is 0 Å². The second kappa shape index (κ2) is 7.22. The Hall–Kier alpha value is -0.450. The van der Waals surface area contributed by atoms with E-state index < -0.39 is 0 Å². The second-order valence-corrected chi connectivity index (χ2v) is 6.37. The topological polar surface area (TPSA) is 28.4 Å². The monoisotopic (exact) mass is 268 g/mol. The van der Waals surface area contributed by atoms with Gasteiger partial charge in [-0.05, 0) is 24.8 Å². The summed E-state index contributed by atoms with van der Waals surface area (Å²) in [5.74, 6) is 3.67. The van der Waals surface area contributed by atoms with Crippen LogP contribution in [0.4, 0.5) is 0 Å². The van der Waals surface area contributed by atoms with Gasteiger partial charge in [-0.25, -0.2) is 0 Å². The van der Waals surface area contributed by atoms with Crippen LogP contribution in [-0.4, -0.2) is 35.5 Å². The minimum Gasteiger partial charge on any atom is -0.468 e. The standard InChI is InChI=1S/C14H24N2OS/c1-12(2)15-10-14-13(4-7-17-14)11-16-5-3-8-18-9-6-16/h4,7,12,15H,3,5-6,8-11H2,1-2H3. The lowest BCUT2D eigenvalue weighted by Crippen LogP contribution is -2.27. The molecule has 3 nitrogen and oxygen atoms in total. The van der Waals surface area contributed by atoms with Crippen molar-refractivity contribution in [1.82, 2.24) is 10.2 Å². The molecule has 1 N–H and O–H groups in total. The first-order valence-corrected chi connectivity index (χ1v) is 8.00. The zero-order chi connectivity index (χ0) is 12.8. The summed E-state index contributed by atoms with van der Waals surface area (Å²) in [5, 5.41) is 3.42. The molecule has 1 fully saturated rings. The molecule has 18 heavy (non-hydrogen) atoms. The molecule has 102 valence electrons. The van der Waals surface area contributed by atoms with Crippen LogP contribution in [0.3, 0.4) is 0 Å². The summed E-state index contributed by atoms with van der Waals surface area (Å²) in [6.07, 6.45) is 3.13. The van der Waals surface area contributed by atoms with Crippen molar-refractivity contribution in [3.8, 4) is 0 Å². The van der Waals surface area contributed by atoms with Gasteiger partial charge in [-0.3, -0.25) is 4.90 Å². The Morgan fingerprint density at radius 3 is 3.11 bits per heavy atom. The van der Waals surface area contributed by atoms with Crippen molar-refractivity contribution < 1.29 is 4.42 Å². The Morgan fingerprint density at radius 2 is 2.28 bits per heavy atom. The van der Waals surface area contributed by atoms with Gasteiger partial charge in [0, 0.05) is 30.4 Å². The molecular formula is C14H24N2OS. The van der Waals surface area contributed by atoms with E-state index >= 15 is 0 Å². The SMILES string of the molecule is CC(C)NCc1occc1CN1CCCSCC1. The quantitative estimate of drug-likeness (QED) is 0.889. The van der Waals surface area contributed by atoms with Crippen LogP contribution >= 0.6 is 11.8 Å². The van der Waals surface area contributed by atoms with Crippen molar-refractivity contribution in [2.45, 2.75) is 39.4 Å². The van der Waals surface area contributed by atoms with Crippen molar-refractivity contribution in [2.75, 3.05) is 24.6 Å². The molecule has 0 spiro atoms. The number of hydrogen-bond donors (Lipinski definition) is 1. The fourth-order valence-corrected chi connectivity index (χ4v) is 3.08. The highest BCUT2D eigenvalue weighted by molar-refractivity contribution is 7.99. The molecule has 1 aliphatic heterocycles. The van der Waals surface area contributed by atoms with Gasteiger partial charge in [0.2, 0.25) is 0 Å². The van der Waals surface area contributed by atoms with E-state index in [9.17, 15) is 0 Å². The molecule has 0 aromatic carbocycles. The maximum absolute atomic E-state index is 5.59. The normalized spacial score (nSPS) is 18.2. The molecule has 4 heteroatoms. The predicted molar refractivity (Wildman–Crippen MR) is 77.9 cm³/mol. The molecule has 0 bridgehead atoms. The van der Waals surface area contributed by atoms with E-state index in [2.05, 4.69) is 41.9 Å². The summed E-state index contributed by atoms with van der Waals surface area (Å²) in [5.41, 5.74) is 1.34. The Kier molecular flexibility index (Phi) is 5.60. The number of nitrogens with one attached hydrogen (secondary N) is 1. The highest BCUT2D eigenvalue weighted by atomic mass is 32.2. The molecule has 2 heterocycles. The highest BCUT2D eigenvalue weighted by Gasteiger charge is 2.13. The van der Waals surface area contributed by atoms with E-state index in [0.717, 1.165) is 18.8 Å². The largest absolute Gasteiger partial charge is 0.468 e. The number of nitrogens with zero attached hydrogens (tertiary/aromatic N) is 1. The van der Waals surface area contributed by atoms with Crippen LogP contribution in [0, 0.1) is 0 Å². The van der Waals surface area contributed by atoms with Crippen molar-refractivity contribution >= 4 is 11.8 Å². The second-order valence-electron chi connectivity index (χ2n) is 5.15. The fraction of sp³-hybridized carbons (Fsp3) is 0.714. The molecule has 1 aliphatic rings. The third kappa shape index (κ3) is 4.34. The maximum atomic E-state index is 5.59.